The fourth-order valence-corrected chi connectivity index (χ4v) is 1.57. The van der Waals surface area contributed by atoms with Gasteiger partial charge in [0.15, 0.2) is 0 Å². The predicted molar refractivity (Wildman–Crippen MR) is 75.3 cm³/mol. The summed E-state index contributed by atoms with van der Waals surface area (Å²) in [6.07, 6.45) is -4.21. The van der Waals surface area contributed by atoms with Gasteiger partial charge in [0.2, 0.25) is 0 Å². The maximum Gasteiger partial charge on any atom is 0.416 e. The topological polar surface area (TPSA) is 0 Å². The molecule has 0 aromatic heterocycles. The van der Waals surface area contributed by atoms with Crippen molar-refractivity contribution in [1.82, 2.24) is 0 Å². The van der Waals surface area contributed by atoms with Crippen molar-refractivity contribution in [2.24, 2.45) is 0 Å². The van der Waals surface area contributed by atoms with Gasteiger partial charge in [-0.2, -0.15) is 13.2 Å². The second-order valence-electron chi connectivity index (χ2n) is 3.61. The van der Waals surface area contributed by atoms with Crippen LogP contribution in [0.1, 0.15) is 11.1 Å². The first-order valence-electron chi connectivity index (χ1n) is 5.24. The van der Waals surface area contributed by atoms with Crippen molar-refractivity contribution in [2.75, 3.05) is 0 Å². The molecule has 0 saturated heterocycles. The molecule has 0 radical (unpaired) electrons. The van der Waals surface area contributed by atoms with Gasteiger partial charge in [-0.25, -0.2) is 0 Å². The van der Waals surface area contributed by atoms with Crippen LogP contribution in [0.15, 0.2) is 54.6 Å². The third-order valence-electron chi connectivity index (χ3n) is 2.18. The van der Waals surface area contributed by atoms with Crippen LogP contribution >= 0.6 is 22.6 Å². The van der Waals surface area contributed by atoms with E-state index in [1.165, 1.54) is 21.3 Å². The summed E-state index contributed by atoms with van der Waals surface area (Å²) in [4.78, 5) is 0. The largest absolute Gasteiger partial charge is 0.416 e. The zero-order valence-corrected chi connectivity index (χ0v) is 11.9. The SMILES string of the molecule is Cc1ccccc1I.FC(F)(F)c1ccccc1. The van der Waals surface area contributed by atoms with E-state index >= 15 is 0 Å². The van der Waals surface area contributed by atoms with E-state index in [9.17, 15) is 13.2 Å². The van der Waals surface area contributed by atoms with Crippen LogP contribution in [0.3, 0.4) is 0 Å². The van der Waals surface area contributed by atoms with Crippen LogP contribution in [0.4, 0.5) is 13.2 Å². The van der Waals surface area contributed by atoms with Crippen molar-refractivity contribution in [3.63, 3.8) is 0 Å². The average Bonchev–Trinajstić information content (AvgIpc) is 2.34. The lowest BCUT2D eigenvalue weighted by Crippen LogP contribution is -2.03. The number of alkyl halides is 3. The molecule has 2 aromatic rings. The van der Waals surface area contributed by atoms with Crippen LogP contribution in [0.25, 0.3) is 0 Å². The third-order valence-corrected chi connectivity index (χ3v) is 3.39. The molecule has 0 nitrogen and oxygen atoms in total. The van der Waals surface area contributed by atoms with Crippen LogP contribution in [0, 0.1) is 10.5 Å². The van der Waals surface area contributed by atoms with E-state index < -0.39 is 11.7 Å². The first-order chi connectivity index (χ1) is 8.41. The number of hydrogen-bond acceptors (Lipinski definition) is 0. The Morgan fingerprint density at radius 2 is 1.33 bits per heavy atom. The van der Waals surface area contributed by atoms with E-state index in [0.717, 1.165) is 12.1 Å². The first kappa shape index (κ1) is 15.0. The normalized spacial score (nSPS) is 10.5. The molecular formula is C14H12F3I. The molecular weight excluding hydrogens is 352 g/mol. The monoisotopic (exact) mass is 364 g/mol. The molecule has 0 aliphatic rings. The molecule has 0 unspecified atom stereocenters. The minimum atomic E-state index is -4.21. The molecule has 0 saturated carbocycles. The van der Waals surface area contributed by atoms with Crippen molar-refractivity contribution >= 4 is 22.6 Å². The zero-order chi connectivity index (χ0) is 13.6. The molecule has 2 aromatic carbocycles. The minimum absolute atomic E-state index is 0.602. The van der Waals surface area contributed by atoms with E-state index in [1.807, 2.05) is 0 Å². The molecule has 0 spiro atoms. The fraction of sp³-hybridized carbons (Fsp3) is 0.143. The van der Waals surface area contributed by atoms with Gasteiger partial charge in [-0.15, -0.1) is 0 Å². The molecule has 0 atom stereocenters. The Labute approximate surface area is 118 Å². The minimum Gasteiger partial charge on any atom is -0.166 e. The lowest BCUT2D eigenvalue weighted by molar-refractivity contribution is -0.137. The van der Waals surface area contributed by atoms with Crippen molar-refractivity contribution in [3.05, 3.63) is 69.3 Å². The molecule has 4 heteroatoms. The van der Waals surface area contributed by atoms with E-state index in [-0.39, 0.29) is 0 Å². The third kappa shape index (κ3) is 5.08. The second-order valence-corrected chi connectivity index (χ2v) is 4.78. The van der Waals surface area contributed by atoms with E-state index in [4.69, 9.17) is 0 Å². The summed E-state index contributed by atoms with van der Waals surface area (Å²) < 4.78 is 36.7. The second kappa shape index (κ2) is 6.78. The summed E-state index contributed by atoms with van der Waals surface area (Å²) in [6.45, 7) is 2.11. The molecule has 18 heavy (non-hydrogen) atoms. The molecule has 0 fully saturated rings. The predicted octanol–water partition coefficient (Wildman–Crippen LogP) is 5.31. The van der Waals surface area contributed by atoms with Gasteiger partial charge in [0.25, 0.3) is 0 Å². The van der Waals surface area contributed by atoms with E-state index in [2.05, 4.69) is 53.8 Å². The van der Waals surface area contributed by atoms with Gasteiger partial charge in [-0.1, -0.05) is 48.5 Å². The lowest BCUT2D eigenvalue weighted by atomic mass is 10.2. The molecule has 0 bridgehead atoms. The van der Waals surface area contributed by atoms with Gasteiger partial charge in [-0.3, -0.25) is 0 Å². The molecule has 0 aliphatic carbocycles. The first-order valence-corrected chi connectivity index (χ1v) is 6.32. The van der Waals surface area contributed by atoms with Gasteiger partial charge < -0.3 is 0 Å². The van der Waals surface area contributed by atoms with Crippen LogP contribution in [0.5, 0.6) is 0 Å². The van der Waals surface area contributed by atoms with E-state index in [0.29, 0.717) is 0 Å². The summed E-state index contributed by atoms with van der Waals surface area (Å²) in [7, 11) is 0. The maximum atomic E-state index is 11.8. The number of aryl methyl sites for hydroxylation is 1. The van der Waals surface area contributed by atoms with Gasteiger partial charge >= 0.3 is 6.18 Å². The summed E-state index contributed by atoms with van der Waals surface area (Å²) in [6, 6.07) is 14.7. The Hall–Kier alpha value is -1.04. The van der Waals surface area contributed by atoms with Gasteiger partial charge in [0, 0.05) is 3.57 Å². The Morgan fingerprint density at radius 1 is 0.833 bits per heavy atom. The average molecular weight is 364 g/mol. The van der Waals surface area contributed by atoms with Gasteiger partial charge in [0.05, 0.1) is 5.56 Å². The number of halogens is 4. The number of hydrogen-bond donors (Lipinski definition) is 0. The van der Waals surface area contributed by atoms with E-state index in [1.54, 1.807) is 6.07 Å². The van der Waals surface area contributed by atoms with Crippen LogP contribution in [0.2, 0.25) is 0 Å². The number of benzene rings is 2. The van der Waals surface area contributed by atoms with Crippen molar-refractivity contribution in [3.8, 4) is 0 Å². The molecule has 96 valence electrons. The quantitative estimate of drug-likeness (QED) is 0.556. The fourth-order valence-electron chi connectivity index (χ4n) is 1.18. The summed E-state index contributed by atoms with van der Waals surface area (Å²) in [5, 5.41) is 0. The highest BCUT2D eigenvalue weighted by Crippen LogP contribution is 2.28. The maximum absolute atomic E-state index is 11.8. The van der Waals surface area contributed by atoms with Crippen LogP contribution in [-0.2, 0) is 6.18 Å². The van der Waals surface area contributed by atoms with Gasteiger partial charge in [-0.05, 0) is 41.1 Å². The summed E-state index contributed by atoms with van der Waals surface area (Å²) >= 11 is 2.32. The van der Waals surface area contributed by atoms with Crippen molar-refractivity contribution < 1.29 is 13.2 Å². The number of rotatable bonds is 0. The Morgan fingerprint density at radius 3 is 1.67 bits per heavy atom. The van der Waals surface area contributed by atoms with Crippen molar-refractivity contribution in [2.45, 2.75) is 13.1 Å². The zero-order valence-electron chi connectivity index (χ0n) is 9.71. The highest BCUT2D eigenvalue weighted by atomic mass is 127. The van der Waals surface area contributed by atoms with Crippen molar-refractivity contribution in [1.29, 1.82) is 0 Å². The standard InChI is InChI=1S/C7H5F3.C7H7I/c8-7(9,10)6-4-2-1-3-5-6;1-6-4-2-3-5-7(6)8/h1-5H;2-5H,1H3. The molecule has 0 amide bonds. The lowest BCUT2D eigenvalue weighted by Gasteiger charge is -2.03. The summed E-state index contributed by atoms with van der Waals surface area (Å²) in [5.41, 5.74) is 0.753. The van der Waals surface area contributed by atoms with Crippen LogP contribution in [-0.4, -0.2) is 0 Å². The highest BCUT2D eigenvalue weighted by Gasteiger charge is 2.29. The van der Waals surface area contributed by atoms with Gasteiger partial charge in [0.1, 0.15) is 0 Å². The molecule has 2 rings (SSSR count). The molecule has 0 aliphatic heterocycles. The Balaban J connectivity index is 0.000000184. The Bertz CT molecular complexity index is 457. The molecule has 0 heterocycles. The molecule has 0 N–H and O–H groups in total. The van der Waals surface area contributed by atoms with Crippen LogP contribution < -0.4 is 0 Å². The smallest absolute Gasteiger partial charge is 0.166 e. The summed E-state index contributed by atoms with van der Waals surface area (Å²) in [5.74, 6) is 0. The highest BCUT2D eigenvalue weighted by molar-refractivity contribution is 14.1. The Kier molecular flexibility index (Phi) is 5.65.